The van der Waals surface area contributed by atoms with E-state index in [0.29, 0.717) is 30.8 Å². The summed E-state index contributed by atoms with van der Waals surface area (Å²) < 4.78 is 5.19. The number of furan rings is 1. The van der Waals surface area contributed by atoms with Gasteiger partial charge in [0.05, 0.1) is 5.56 Å². The van der Waals surface area contributed by atoms with Gasteiger partial charge in [-0.05, 0) is 25.0 Å². The molecule has 0 bridgehead atoms. The standard InChI is InChI=1S/C17H19NO4/c1-13-10-15(12-22-13)17(21)18(9-5-8-16(19)20)11-14-6-3-2-4-7-14/h2-4,6-7,10,12H,5,8-9,11H2,1H3,(H,19,20). The van der Waals surface area contributed by atoms with Gasteiger partial charge in [-0.3, -0.25) is 9.59 Å². The molecular weight excluding hydrogens is 282 g/mol. The van der Waals surface area contributed by atoms with E-state index < -0.39 is 5.97 Å². The molecule has 0 aliphatic rings. The SMILES string of the molecule is Cc1cc(C(=O)N(CCCC(=O)O)Cc2ccccc2)co1. The van der Waals surface area contributed by atoms with E-state index in [1.165, 1.54) is 6.26 Å². The van der Waals surface area contributed by atoms with E-state index in [4.69, 9.17) is 9.52 Å². The highest BCUT2D eigenvalue weighted by Crippen LogP contribution is 2.14. The van der Waals surface area contributed by atoms with Crippen molar-refractivity contribution in [3.05, 3.63) is 59.5 Å². The monoisotopic (exact) mass is 301 g/mol. The Morgan fingerprint density at radius 3 is 2.55 bits per heavy atom. The van der Waals surface area contributed by atoms with Crippen molar-refractivity contribution in [3.8, 4) is 0 Å². The second kappa shape index (κ2) is 7.45. The fourth-order valence-electron chi connectivity index (χ4n) is 2.22. The molecule has 1 aromatic carbocycles. The maximum absolute atomic E-state index is 12.6. The molecule has 0 radical (unpaired) electrons. The van der Waals surface area contributed by atoms with Crippen LogP contribution in [0, 0.1) is 6.92 Å². The van der Waals surface area contributed by atoms with Crippen LogP contribution < -0.4 is 0 Å². The van der Waals surface area contributed by atoms with Gasteiger partial charge < -0.3 is 14.4 Å². The van der Waals surface area contributed by atoms with Crippen LogP contribution in [0.15, 0.2) is 47.1 Å². The molecule has 0 aliphatic carbocycles. The van der Waals surface area contributed by atoms with Gasteiger partial charge in [-0.2, -0.15) is 0 Å². The summed E-state index contributed by atoms with van der Waals surface area (Å²) in [6.45, 7) is 2.62. The lowest BCUT2D eigenvalue weighted by Crippen LogP contribution is -2.31. The molecule has 5 nitrogen and oxygen atoms in total. The van der Waals surface area contributed by atoms with Gasteiger partial charge in [-0.15, -0.1) is 0 Å². The van der Waals surface area contributed by atoms with Crippen LogP contribution in [-0.2, 0) is 11.3 Å². The lowest BCUT2D eigenvalue weighted by Gasteiger charge is -2.22. The summed E-state index contributed by atoms with van der Waals surface area (Å²) in [4.78, 5) is 24.9. The molecule has 1 N–H and O–H groups in total. The third-order valence-electron chi connectivity index (χ3n) is 3.30. The second-order valence-corrected chi connectivity index (χ2v) is 5.16. The predicted molar refractivity (Wildman–Crippen MR) is 81.5 cm³/mol. The Balaban J connectivity index is 2.09. The third-order valence-corrected chi connectivity index (χ3v) is 3.30. The van der Waals surface area contributed by atoms with E-state index in [0.717, 1.165) is 5.56 Å². The highest BCUT2D eigenvalue weighted by Gasteiger charge is 2.18. The molecular formula is C17H19NO4. The molecule has 1 aromatic heterocycles. The van der Waals surface area contributed by atoms with Crippen molar-refractivity contribution < 1.29 is 19.1 Å². The van der Waals surface area contributed by atoms with Crippen LogP contribution in [-0.4, -0.2) is 28.4 Å². The molecule has 0 saturated heterocycles. The Morgan fingerprint density at radius 2 is 1.95 bits per heavy atom. The number of hydrogen-bond donors (Lipinski definition) is 1. The number of aryl methyl sites for hydroxylation is 1. The van der Waals surface area contributed by atoms with E-state index in [-0.39, 0.29) is 12.3 Å². The molecule has 0 atom stereocenters. The van der Waals surface area contributed by atoms with E-state index in [9.17, 15) is 9.59 Å². The van der Waals surface area contributed by atoms with Crippen molar-refractivity contribution in [1.29, 1.82) is 0 Å². The van der Waals surface area contributed by atoms with Crippen molar-refractivity contribution in [1.82, 2.24) is 4.90 Å². The molecule has 2 rings (SSSR count). The zero-order valence-electron chi connectivity index (χ0n) is 12.5. The van der Waals surface area contributed by atoms with Crippen molar-refractivity contribution in [3.63, 3.8) is 0 Å². The number of hydrogen-bond acceptors (Lipinski definition) is 3. The average Bonchev–Trinajstić information content (AvgIpc) is 2.93. The lowest BCUT2D eigenvalue weighted by atomic mass is 10.1. The summed E-state index contributed by atoms with van der Waals surface area (Å²) in [6, 6.07) is 11.3. The molecule has 5 heteroatoms. The van der Waals surface area contributed by atoms with Crippen molar-refractivity contribution in [2.45, 2.75) is 26.3 Å². The van der Waals surface area contributed by atoms with E-state index in [1.54, 1.807) is 17.9 Å². The number of aliphatic carboxylic acids is 1. The smallest absolute Gasteiger partial charge is 0.303 e. The van der Waals surface area contributed by atoms with Gasteiger partial charge in [-0.25, -0.2) is 0 Å². The van der Waals surface area contributed by atoms with Gasteiger partial charge in [0.2, 0.25) is 0 Å². The third kappa shape index (κ3) is 4.48. The van der Waals surface area contributed by atoms with Gasteiger partial charge in [0.1, 0.15) is 12.0 Å². The van der Waals surface area contributed by atoms with Crippen LogP contribution in [0.1, 0.15) is 34.5 Å². The van der Waals surface area contributed by atoms with E-state index >= 15 is 0 Å². The first-order chi connectivity index (χ1) is 10.6. The van der Waals surface area contributed by atoms with Crippen LogP contribution in [0.3, 0.4) is 0 Å². The molecule has 1 amide bonds. The molecule has 116 valence electrons. The average molecular weight is 301 g/mol. The summed E-state index contributed by atoms with van der Waals surface area (Å²) in [5.41, 5.74) is 1.50. The highest BCUT2D eigenvalue weighted by molar-refractivity contribution is 5.94. The minimum Gasteiger partial charge on any atom is -0.481 e. The molecule has 0 saturated carbocycles. The summed E-state index contributed by atoms with van der Waals surface area (Å²) >= 11 is 0. The van der Waals surface area contributed by atoms with Gasteiger partial charge in [0.25, 0.3) is 5.91 Å². The summed E-state index contributed by atoms with van der Waals surface area (Å²) in [5.74, 6) is -0.328. The first kappa shape index (κ1) is 15.8. The molecule has 0 fully saturated rings. The summed E-state index contributed by atoms with van der Waals surface area (Å²) in [6.07, 6.45) is 1.90. The van der Waals surface area contributed by atoms with Crippen LogP contribution in [0.2, 0.25) is 0 Å². The number of carboxylic acids is 1. The van der Waals surface area contributed by atoms with Gasteiger partial charge in [0, 0.05) is 19.5 Å². The van der Waals surface area contributed by atoms with Crippen molar-refractivity contribution in [2.24, 2.45) is 0 Å². The molecule has 22 heavy (non-hydrogen) atoms. The zero-order valence-corrected chi connectivity index (χ0v) is 12.5. The Labute approximate surface area is 129 Å². The number of rotatable bonds is 7. The second-order valence-electron chi connectivity index (χ2n) is 5.16. The first-order valence-corrected chi connectivity index (χ1v) is 7.16. The largest absolute Gasteiger partial charge is 0.481 e. The maximum Gasteiger partial charge on any atom is 0.303 e. The molecule has 0 aliphatic heterocycles. The van der Waals surface area contributed by atoms with Crippen LogP contribution in [0.4, 0.5) is 0 Å². The molecule has 0 unspecified atom stereocenters. The Morgan fingerprint density at radius 1 is 1.23 bits per heavy atom. The number of nitrogens with zero attached hydrogens (tertiary/aromatic N) is 1. The molecule has 2 aromatic rings. The fourth-order valence-corrected chi connectivity index (χ4v) is 2.22. The van der Waals surface area contributed by atoms with Crippen LogP contribution >= 0.6 is 0 Å². The molecule has 1 heterocycles. The minimum absolute atomic E-state index is 0.0446. The minimum atomic E-state index is -0.855. The summed E-state index contributed by atoms with van der Waals surface area (Å²) in [5, 5.41) is 8.76. The fraction of sp³-hybridized carbons (Fsp3) is 0.294. The number of carboxylic acid groups (broad SMARTS) is 1. The van der Waals surface area contributed by atoms with E-state index in [2.05, 4.69) is 0 Å². The highest BCUT2D eigenvalue weighted by atomic mass is 16.4. The zero-order chi connectivity index (χ0) is 15.9. The topological polar surface area (TPSA) is 70.8 Å². The van der Waals surface area contributed by atoms with Crippen LogP contribution in [0.25, 0.3) is 0 Å². The Hall–Kier alpha value is -2.56. The van der Waals surface area contributed by atoms with Crippen molar-refractivity contribution >= 4 is 11.9 Å². The number of amides is 1. The quantitative estimate of drug-likeness (QED) is 0.853. The van der Waals surface area contributed by atoms with Gasteiger partial charge in [-0.1, -0.05) is 30.3 Å². The van der Waals surface area contributed by atoms with Crippen LogP contribution in [0.5, 0.6) is 0 Å². The first-order valence-electron chi connectivity index (χ1n) is 7.16. The Bertz CT molecular complexity index is 633. The van der Waals surface area contributed by atoms with E-state index in [1.807, 2.05) is 30.3 Å². The normalized spacial score (nSPS) is 10.4. The number of carbonyl (C=O) groups excluding carboxylic acids is 1. The lowest BCUT2D eigenvalue weighted by molar-refractivity contribution is -0.137. The molecule has 0 spiro atoms. The number of carbonyl (C=O) groups is 2. The number of benzene rings is 1. The van der Waals surface area contributed by atoms with Crippen molar-refractivity contribution in [2.75, 3.05) is 6.54 Å². The van der Waals surface area contributed by atoms with Gasteiger partial charge in [0.15, 0.2) is 0 Å². The Kier molecular flexibility index (Phi) is 5.36. The van der Waals surface area contributed by atoms with Gasteiger partial charge >= 0.3 is 5.97 Å². The summed E-state index contributed by atoms with van der Waals surface area (Å²) in [7, 11) is 0. The maximum atomic E-state index is 12.6. The predicted octanol–water partition coefficient (Wildman–Crippen LogP) is 3.10.